The average molecular weight is 233 g/mol. The molecule has 0 radical (unpaired) electrons. The summed E-state index contributed by atoms with van der Waals surface area (Å²) in [5.41, 5.74) is 2.73. The van der Waals surface area contributed by atoms with Gasteiger partial charge in [0.2, 0.25) is 0 Å². The number of ketones is 1. The molecule has 1 aromatic rings. The van der Waals surface area contributed by atoms with Crippen molar-refractivity contribution in [2.24, 2.45) is 0 Å². The number of hydrogen-bond donors (Lipinski definition) is 1. The Balaban J connectivity index is 2.64. The van der Waals surface area contributed by atoms with Crippen LogP contribution in [0, 0.1) is 0 Å². The maximum Gasteiger partial charge on any atom is 0.143 e. The number of benzene rings is 1. The standard InChI is InChI=1S/C15H23NO/c1-5-13-6-8-14(9-7-13)15(3,4)11-16-10-12(2)17/h6-9,16H,5,10-11H2,1-4H3. The Labute approximate surface area is 104 Å². The molecule has 0 aliphatic rings. The van der Waals surface area contributed by atoms with Crippen LogP contribution in [0.25, 0.3) is 0 Å². The van der Waals surface area contributed by atoms with Crippen LogP contribution in [0.1, 0.15) is 38.8 Å². The molecule has 2 nitrogen and oxygen atoms in total. The number of aryl methyl sites for hydroxylation is 1. The summed E-state index contributed by atoms with van der Waals surface area (Å²) in [5.74, 6) is 0.183. The lowest BCUT2D eigenvalue weighted by molar-refractivity contribution is -0.116. The van der Waals surface area contributed by atoms with E-state index in [1.165, 1.54) is 11.1 Å². The fourth-order valence-corrected chi connectivity index (χ4v) is 1.84. The summed E-state index contributed by atoms with van der Waals surface area (Å²) in [6.45, 7) is 9.43. The Bertz CT molecular complexity index is 365. The summed E-state index contributed by atoms with van der Waals surface area (Å²) in [5, 5.41) is 3.20. The molecule has 0 atom stereocenters. The Morgan fingerprint density at radius 3 is 2.29 bits per heavy atom. The molecule has 0 amide bonds. The molecule has 1 aromatic carbocycles. The molecule has 0 unspecified atom stereocenters. The fourth-order valence-electron chi connectivity index (χ4n) is 1.84. The molecule has 1 N–H and O–H groups in total. The van der Waals surface area contributed by atoms with Crippen LogP contribution in [-0.4, -0.2) is 18.9 Å². The molecule has 0 fully saturated rings. The van der Waals surface area contributed by atoms with Crippen LogP contribution in [-0.2, 0) is 16.6 Å². The quantitative estimate of drug-likeness (QED) is 0.818. The molecule has 94 valence electrons. The van der Waals surface area contributed by atoms with Crippen molar-refractivity contribution in [1.29, 1.82) is 0 Å². The number of nitrogens with one attached hydrogen (secondary N) is 1. The van der Waals surface area contributed by atoms with Crippen molar-refractivity contribution in [2.75, 3.05) is 13.1 Å². The lowest BCUT2D eigenvalue weighted by Crippen LogP contribution is -2.35. The van der Waals surface area contributed by atoms with Gasteiger partial charge in [0.05, 0.1) is 6.54 Å². The van der Waals surface area contributed by atoms with Crippen LogP contribution in [0.4, 0.5) is 0 Å². The minimum atomic E-state index is 0.0573. The van der Waals surface area contributed by atoms with Crippen molar-refractivity contribution in [2.45, 2.75) is 39.5 Å². The van der Waals surface area contributed by atoms with E-state index in [2.05, 4.69) is 50.4 Å². The molecule has 0 aromatic heterocycles. The summed E-state index contributed by atoms with van der Waals surface area (Å²) >= 11 is 0. The molecule has 0 aliphatic heterocycles. The van der Waals surface area contributed by atoms with Gasteiger partial charge in [0.25, 0.3) is 0 Å². The number of rotatable bonds is 6. The van der Waals surface area contributed by atoms with Crippen molar-refractivity contribution < 1.29 is 4.79 Å². The predicted molar refractivity (Wildman–Crippen MR) is 72.4 cm³/mol. The van der Waals surface area contributed by atoms with Gasteiger partial charge in [0.15, 0.2) is 0 Å². The predicted octanol–water partition coefficient (Wildman–Crippen LogP) is 2.71. The van der Waals surface area contributed by atoms with Gasteiger partial charge in [0, 0.05) is 12.0 Å². The van der Waals surface area contributed by atoms with E-state index in [0.29, 0.717) is 6.54 Å². The van der Waals surface area contributed by atoms with Crippen LogP contribution in [0.5, 0.6) is 0 Å². The first-order chi connectivity index (χ1) is 7.95. The SMILES string of the molecule is CCc1ccc(C(C)(C)CNCC(C)=O)cc1. The molecular weight excluding hydrogens is 210 g/mol. The molecule has 17 heavy (non-hydrogen) atoms. The fraction of sp³-hybridized carbons (Fsp3) is 0.533. The molecule has 0 saturated heterocycles. The van der Waals surface area contributed by atoms with Crippen LogP contribution in [0.3, 0.4) is 0 Å². The topological polar surface area (TPSA) is 29.1 Å². The Morgan fingerprint density at radius 2 is 1.82 bits per heavy atom. The Kier molecular flexibility index (Phi) is 4.88. The first kappa shape index (κ1) is 13.9. The zero-order valence-corrected chi connectivity index (χ0v) is 11.3. The first-order valence-electron chi connectivity index (χ1n) is 6.25. The van der Waals surface area contributed by atoms with E-state index >= 15 is 0 Å². The molecule has 1 rings (SSSR count). The van der Waals surface area contributed by atoms with Crippen molar-refractivity contribution in [3.8, 4) is 0 Å². The molecule has 0 aliphatic carbocycles. The van der Waals surface area contributed by atoms with E-state index in [-0.39, 0.29) is 11.2 Å². The van der Waals surface area contributed by atoms with Gasteiger partial charge in [0.1, 0.15) is 5.78 Å². The van der Waals surface area contributed by atoms with Gasteiger partial charge >= 0.3 is 0 Å². The summed E-state index contributed by atoms with van der Waals surface area (Å²) in [4.78, 5) is 10.9. The minimum Gasteiger partial charge on any atom is -0.309 e. The van der Waals surface area contributed by atoms with E-state index < -0.39 is 0 Å². The highest BCUT2D eigenvalue weighted by Gasteiger charge is 2.19. The zero-order valence-electron chi connectivity index (χ0n) is 11.3. The monoisotopic (exact) mass is 233 g/mol. The summed E-state index contributed by atoms with van der Waals surface area (Å²) in [6.07, 6.45) is 1.07. The van der Waals surface area contributed by atoms with Crippen molar-refractivity contribution in [1.82, 2.24) is 5.32 Å². The number of carbonyl (C=O) groups is 1. The first-order valence-corrected chi connectivity index (χ1v) is 6.25. The smallest absolute Gasteiger partial charge is 0.143 e. The average Bonchev–Trinajstić information content (AvgIpc) is 2.28. The van der Waals surface area contributed by atoms with Crippen LogP contribution < -0.4 is 5.32 Å². The van der Waals surface area contributed by atoms with Gasteiger partial charge < -0.3 is 5.32 Å². The molecular formula is C15H23NO. The Morgan fingerprint density at radius 1 is 1.24 bits per heavy atom. The summed E-state index contributed by atoms with van der Waals surface area (Å²) < 4.78 is 0. The minimum absolute atomic E-state index is 0.0573. The highest BCUT2D eigenvalue weighted by Crippen LogP contribution is 2.22. The van der Waals surface area contributed by atoms with Crippen LogP contribution in [0.2, 0.25) is 0 Å². The molecule has 0 bridgehead atoms. The third-order valence-electron chi connectivity index (χ3n) is 3.08. The second-order valence-electron chi connectivity index (χ2n) is 5.24. The van der Waals surface area contributed by atoms with Gasteiger partial charge in [-0.3, -0.25) is 4.79 Å². The number of carbonyl (C=O) groups excluding carboxylic acids is 1. The van der Waals surface area contributed by atoms with Crippen molar-refractivity contribution >= 4 is 5.78 Å². The van der Waals surface area contributed by atoms with E-state index in [4.69, 9.17) is 0 Å². The third-order valence-corrected chi connectivity index (χ3v) is 3.08. The van der Waals surface area contributed by atoms with Gasteiger partial charge in [-0.2, -0.15) is 0 Å². The van der Waals surface area contributed by atoms with Crippen LogP contribution >= 0.6 is 0 Å². The molecule has 0 saturated carbocycles. The second kappa shape index (κ2) is 5.97. The Hall–Kier alpha value is -1.15. The molecule has 0 heterocycles. The highest BCUT2D eigenvalue weighted by atomic mass is 16.1. The third kappa shape index (κ3) is 4.31. The van der Waals surface area contributed by atoms with E-state index in [1.54, 1.807) is 6.92 Å². The van der Waals surface area contributed by atoms with Crippen molar-refractivity contribution in [3.63, 3.8) is 0 Å². The summed E-state index contributed by atoms with van der Waals surface area (Å²) in [6, 6.07) is 8.74. The summed E-state index contributed by atoms with van der Waals surface area (Å²) in [7, 11) is 0. The van der Waals surface area contributed by atoms with Crippen LogP contribution in [0.15, 0.2) is 24.3 Å². The van der Waals surface area contributed by atoms with E-state index in [1.807, 2.05) is 0 Å². The van der Waals surface area contributed by atoms with Gasteiger partial charge in [-0.05, 0) is 24.5 Å². The van der Waals surface area contributed by atoms with Gasteiger partial charge in [-0.15, -0.1) is 0 Å². The largest absolute Gasteiger partial charge is 0.309 e. The highest BCUT2D eigenvalue weighted by molar-refractivity contribution is 5.77. The van der Waals surface area contributed by atoms with E-state index in [0.717, 1.165) is 13.0 Å². The number of hydrogen-bond acceptors (Lipinski definition) is 2. The second-order valence-corrected chi connectivity index (χ2v) is 5.24. The van der Waals surface area contributed by atoms with Gasteiger partial charge in [-0.1, -0.05) is 45.0 Å². The molecule has 0 spiro atoms. The zero-order chi connectivity index (χ0) is 12.9. The lowest BCUT2D eigenvalue weighted by Gasteiger charge is -2.25. The van der Waals surface area contributed by atoms with Gasteiger partial charge in [-0.25, -0.2) is 0 Å². The normalized spacial score (nSPS) is 11.5. The maximum absolute atomic E-state index is 10.9. The number of Topliss-reactive ketones (excluding diaryl/α,β-unsaturated/α-hetero) is 1. The lowest BCUT2D eigenvalue weighted by atomic mass is 9.84. The van der Waals surface area contributed by atoms with E-state index in [9.17, 15) is 4.79 Å². The molecule has 2 heteroatoms. The maximum atomic E-state index is 10.9. The van der Waals surface area contributed by atoms with Crippen molar-refractivity contribution in [3.05, 3.63) is 35.4 Å².